The summed E-state index contributed by atoms with van der Waals surface area (Å²) in [6.07, 6.45) is 10.7. The highest BCUT2D eigenvalue weighted by Crippen LogP contribution is 2.49. The van der Waals surface area contributed by atoms with Gasteiger partial charge in [0.25, 0.3) is 0 Å². The molecule has 1 aliphatic heterocycles. The van der Waals surface area contributed by atoms with Gasteiger partial charge in [-0.2, -0.15) is 0 Å². The largest absolute Gasteiger partial charge is 0.320 e. The first-order valence-electron chi connectivity index (χ1n) is 16.4. The minimum Gasteiger partial charge on any atom is -0.320 e. The van der Waals surface area contributed by atoms with E-state index in [0.29, 0.717) is 24.5 Å². The predicted octanol–water partition coefficient (Wildman–Crippen LogP) is 8.12. The van der Waals surface area contributed by atoms with Crippen LogP contribution in [-0.2, 0) is 0 Å². The van der Waals surface area contributed by atoms with Gasteiger partial charge in [-0.1, -0.05) is 75.7 Å². The number of nitrogens with one attached hydrogen (secondary N) is 1. The number of nitrogens with zero attached hydrogens (tertiary/aromatic N) is 3. The van der Waals surface area contributed by atoms with Crippen molar-refractivity contribution < 1.29 is 4.39 Å². The lowest BCUT2D eigenvalue weighted by Gasteiger charge is -2.56. The second-order valence-electron chi connectivity index (χ2n) is 12.4. The fraction of sp³-hybridized carbons (Fsp3) is 1.00. The molecular weight excluding hydrogens is 471 g/mol. The lowest BCUT2D eigenvalue weighted by Crippen LogP contribution is -2.64. The maximum Gasteiger partial charge on any atom is 0.133 e. The molecule has 2 saturated carbocycles. The quantitative estimate of drug-likeness (QED) is 0.268. The van der Waals surface area contributed by atoms with Crippen molar-refractivity contribution in [1.82, 2.24) is 20.0 Å². The topological polar surface area (TPSA) is 21.8 Å². The van der Waals surface area contributed by atoms with Gasteiger partial charge in [0.2, 0.25) is 0 Å². The van der Waals surface area contributed by atoms with Crippen LogP contribution < -0.4 is 5.32 Å². The second-order valence-corrected chi connectivity index (χ2v) is 12.4. The molecule has 0 bridgehead atoms. The number of halogens is 1. The van der Waals surface area contributed by atoms with Gasteiger partial charge in [-0.15, -0.1) is 0 Å². The van der Waals surface area contributed by atoms with E-state index in [1.54, 1.807) is 6.92 Å². The van der Waals surface area contributed by atoms with E-state index < -0.39 is 5.67 Å². The zero-order valence-electron chi connectivity index (χ0n) is 28.6. The number of hydrogen-bond acceptors (Lipinski definition) is 4. The molecule has 3 rings (SSSR count). The Morgan fingerprint density at radius 1 is 0.842 bits per heavy atom. The molecule has 38 heavy (non-hydrogen) atoms. The van der Waals surface area contributed by atoms with Crippen LogP contribution in [0.25, 0.3) is 0 Å². The van der Waals surface area contributed by atoms with E-state index in [0.717, 1.165) is 25.0 Å². The average molecular weight is 545 g/mol. The molecule has 2 aliphatic carbocycles. The number of hydrogen-bond donors (Lipinski definition) is 1. The molecule has 3 fully saturated rings. The highest BCUT2D eigenvalue weighted by atomic mass is 19.1. The molecule has 0 atom stereocenters. The summed E-state index contributed by atoms with van der Waals surface area (Å²) < 4.78 is 13.2. The van der Waals surface area contributed by atoms with Crippen LogP contribution in [0.3, 0.4) is 0 Å². The van der Waals surface area contributed by atoms with Crippen LogP contribution >= 0.6 is 0 Å². The van der Waals surface area contributed by atoms with Crippen LogP contribution in [0.1, 0.15) is 128 Å². The third kappa shape index (κ3) is 16.8. The third-order valence-corrected chi connectivity index (χ3v) is 8.73. The Hall–Kier alpha value is -0.230. The van der Waals surface area contributed by atoms with Gasteiger partial charge in [0.15, 0.2) is 0 Å². The second kappa shape index (κ2) is 21.5. The van der Waals surface area contributed by atoms with Gasteiger partial charge in [0.1, 0.15) is 5.67 Å². The molecule has 0 unspecified atom stereocenters. The fourth-order valence-corrected chi connectivity index (χ4v) is 5.10. The van der Waals surface area contributed by atoms with Crippen molar-refractivity contribution in [3.8, 4) is 0 Å². The predicted molar refractivity (Wildman–Crippen MR) is 171 cm³/mol. The van der Waals surface area contributed by atoms with E-state index in [1.165, 1.54) is 71.0 Å². The lowest BCUT2D eigenvalue weighted by atomic mass is 9.64. The molecule has 3 aliphatic rings. The normalized spacial score (nSPS) is 24.2. The molecule has 0 aromatic carbocycles. The summed E-state index contributed by atoms with van der Waals surface area (Å²) in [4.78, 5) is 7.16. The summed E-state index contributed by atoms with van der Waals surface area (Å²) in [7, 11) is 4.07. The summed E-state index contributed by atoms with van der Waals surface area (Å²) in [6.45, 7) is 32.3. The lowest BCUT2D eigenvalue weighted by molar-refractivity contribution is -0.0980. The third-order valence-electron chi connectivity index (χ3n) is 8.73. The van der Waals surface area contributed by atoms with Gasteiger partial charge in [0, 0.05) is 25.7 Å². The van der Waals surface area contributed by atoms with Crippen LogP contribution in [0.15, 0.2) is 0 Å². The van der Waals surface area contributed by atoms with Crippen molar-refractivity contribution in [2.75, 3.05) is 66.5 Å². The molecule has 0 aromatic rings. The molecular formula is C33H73FN4. The molecule has 1 saturated heterocycles. The summed E-state index contributed by atoms with van der Waals surface area (Å²) in [5.74, 6) is 0. The van der Waals surface area contributed by atoms with Gasteiger partial charge in [0.05, 0.1) is 0 Å². The SMILES string of the molecule is CC.CCC1(C)CC(N2CC(C)(F)C2)C1.CCCN(CC)CC1(CC)CC1.CCCNC.CCN(C)CC. The maximum atomic E-state index is 13.2. The highest BCUT2D eigenvalue weighted by Gasteiger charge is 2.49. The summed E-state index contributed by atoms with van der Waals surface area (Å²) in [5.41, 5.74) is 0.413. The molecule has 0 spiro atoms. The minimum absolute atomic E-state index is 0.562. The monoisotopic (exact) mass is 545 g/mol. The van der Waals surface area contributed by atoms with Gasteiger partial charge in [-0.05, 0) is 110 Å². The van der Waals surface area contributed by atoms with Crippen molar-refractivity contribution in [3.05, 3.63) is 0 Å². The van der Waals surface area contributed by atoms with Crippen LogP contribution in [0.2, 0.25) is 0 Å². The van der Waals surface area contributed by atoms with Crippen molar-refractivity contribution in [2.45, 2.75) is 139 Å². The molecule has 5 heteroatoms. The van der Waals surface area contributed by atoms with E-state index in [-0.39, 0.29) is 0 Å². The number of likely N-dealkylation sites (tertiary alicyclic amines) is 1. The maximum absolute atomic E-state index is 13.2. The zero-order chi connectivity index (χ0) is 29.8. The van der Waals surface area contributed by atoms with Crippen molar-refractivity contribution >= 4 is 0 Å². The van der Waals surface area contributed by atoms with Crippen molar-refractivity contribution in [2.24, 2.45) is 10.8 Å². The Balaban J connectivity index is 0. The van der Waals surface area contributed by atoms with Crippen molar-refractivity contribution in [3.63, 3.8) is 0 Å². The van der Waals surface area contributed by atoms with E-state index in [2.05, 4.69) is 82.5 Å². The molecule has 1 N–H and O–H groups in total. The number of alkyl halides is 1. The minimum atomic E-state index is -0.891. The molecule has 1 heterocycles. The van der Waals surface area contributed by atoms with Crippen molar-refractivity contribution in [1.29, 1.82) is 0 Å². The molecule has 232 valence electrons. The highest BCUT2D eigenvalue weighted by molar-refractivity contribution is 5.03. The summed E-state index contributed by atoms with van der Waals surface area (Å²) in [5, 5.41) is 3.02. The van der Waals surface area contributed by atoms with Crippen LogP contribution in [0.4, 0.5) is 4.39 Å². The Labute approximate surface area is 240 Å². The fourth-order valence-electron chi connectivity index (χ4n) is 5.10. The Morgan fingerprint density at radius 3 is 1.61 bits per heavy atom. The molecule has 0 amide bonds. The first kappa shape index (κ1) is 39.9. The summed E-state index contributed by atoms with van der Waals surface area (Å²) in [6, 6.07) is 0.689. The van der Waals surface area contributed by atoms with E-state index >= 15 is 0 Å². The Kier molecular flexibility index (Phi) is 22.6. The van der Waals surface area contributed by atoms with Gasteiger partial charge >= 0.3 is 0 Å². The average Bonchev–Trinajstić information content (AvgIpc) is 3.67. The molecule has 0 aromatic heterocycles. The zero-order valence-corrected chi connectivity index (χ0v) is 28.6. The van der Waals surface area contributed by atoms with E-state index in [9.17, 15) is 4.39 Å². The van der Waals surface area contributed by atoms with Crippen LogP contribution in [0, 0.1) is 10.8 Å². The Morgan fingerprint density at radius 2 is 1.37 bits per heavy atom. The van der Waals surface area contributed by atoms with E-state index in [1.807, 2.05) is 20.9 Å². The van der Waals surface area contributed by atoms with E-state index in [4.69, 9.17) is 0 Å². The summed E-state index contributed by atoms with van der Waals surface area (Å²) >= 11 is 0. The first-order valence-corrected chi connectivity index (χ1v) is 16.4. The van der Waals surface area contributed by atoms with Gasteiger partial charge in [-0.3, -0.25) is 4.90 Å². The number of rotatable bonds is 12. The Bertz CT molecular complexity index is 515. The van der Waals surface area contributed by atoms with Gasteiger partial charge in [-0.25, -0.2) is 4.39 Å². The smallest absolute Gasteiger partial charge is 0.133 e. The molecule has 4 nitrogen and oxygen atoms in total. The standard InChI is InChI=1S/C11H20FN.C11H23N.C5H13N.C4H11N.C2H6/c1-4-10(2)5-9(6-10)13-7-11(3,12)8-13;1-4-9-12(6-3)10-11(5-2)7-8-11;1-4-6(3)5-2;1-3-4-5-2;1-2/h9H,4-8H2,1-3H3;4-10H2,1-3H3;4-5H2,1-3H3;5H,3-4H2,1-2H3;1-2H3. The molecule has 0 radical (unpaired) electrons. The van der Waals surface area contributed by atoms with Crippen LogP contribution in [0.5, 0.6) is 0 Å². The first-order chi connectivity index (χ1) is 17.9. The van der Waals surface area contributed by atoms with Crippen LogP contribution in [-0.4, -0.2) is 92.9 Å². The van der Waals surface area contributed by atoms with Gasteiger partial charge < -0.3 is 15.1 Å².